The zero-order chi connectivity index (χ0) is 23.2. The molecule has 2 rings (SSSR count). The van der Waals surface area contributed by atoms with Crippen molar-refractivity contribution in [3.8, 4) is 5.75 Å². The van der Waals surface area contributed by atoms with E-state index in [2.05, 4.69) is 4.72 Å². The molecule has 1 amide bonds. The lowest BCUT2D eigenvalue weighted by Crippen LogP contribution is -2.30. The first kappa shape index (κ1) is 24.2. The van der Waals surface area contributed by atoms with Crippen molar-refractivity contribution in [2.45, 2.75) is 11.4 Å². The van der Waals surface area contributed by atoms with Crippen LogP contribution in [0.1, 0.15) is 15.9 Å². The van der Waals surface area contributed by atoms with Gasteiger partial charge in [-0.25, -0.2) is 17.9 Å². The van der Waals surface area contributed by atoms with Crippen molar-refractivity contribution in [2.75, 3.05) is 46.8 Å². The van der Waals surface area contributed by atoms with Crippen molar-refractivity contribution in [3.63, 3.8) is 0 Å². The van der Waals surface area contributed by atoms with E-state index in [-0.39, 0.29) is 22.1 Å². The number of amides is 1. The molecule has 0 aliphatic carbocycles. The number of rotatable bonds is 9. The van der Waals surface area contributed by atoms with E-state index in [1.54, 1.807) is 7.05 Å². The van der Waals surface area contributed by atoms with Crippen molar-refractivity contribution >= 4 is 27.6 Å². The average Bonchev–Trinajstić information content (AvgIpc) is 2.76. The quantitative estimate of drug-likeness (QED) is 0.578. The van der Waals surface area contributed by atoms with Gasteiger partial charge in [-0.05, 0) is 42.9 Å². The molecule has 0 heterocycles. The fourth-order valence-electron chi connectivity index (χ4n) is 2.71. The zero-order valence-corrected chi connectivity index (χ0v) is 19.0. The lowest BCUT2D eigenvalue weighted by Gasteiger charge is -2.18. The summed E-state index contributed by atoms with van der Waals surface area (Å²) in [5, 5.41) is 0. The number of esters is 1. The highest BCUT2D eigenvalue weighted by molar-refractivity contribution is 7.89. The third-order valence-electron chi connectivity index (χ3n) is 4.58. The van der Waals surface area contributed by atoms with E-state index in [4.69, 9.17) is 9.47 Å². The molecule has 0 atom stereocenters. The number of sulfonamides is 1. The molecule has 0 saturated carbocycles. The molecule has 168 valence electrons. The predicted octanol–water partition coefficient (Wildman–Crippen LogP) is 1.48. The molecular weight excluding hydrogens is 422 g/mol. The topological polar surface area (TPSA) is 105 Å². The van der Waals surface area contributed by atoms with Gasteiger partial charge in [0.15, 0.2) is 6.61 Å². The number of nitrogens with one attached hydrogen (secondary N) is 1. The molecular formula is C21H27N3O6S. The van der Waals surface area contributed by atoms with Crippen LogP contribution in [0.25, 0.3) is 0 Å². The summed E-state index contributed by atoms with van der Waals surface area (Å²) in [6.45, 7) is -0.109. The Balaban J connectivity index is 2.01. The summed E-state index contributed by atoms with van der Waals surface area (Å²) < 4.78 is 36.6. The summed E-state index contributed by atoms with van der Waals surface area (Å²) in [6.07, 6.45) is 0. The maximum atomic E-state index is 12.3. The molecule has 9 nitrogen and oxygen atoms in total. The number of hydrogen-bond acceptors (Lipinski definition) is 7. The lowest BCUT2D eigenvalue weighted by atomic mass is 10.2. The number of benzene rings is 2. The molecule has 0 fully saturated rings. The monoisotopic (exact) mass is 449 g/mol. The molecule has 2 aromatic carbocycles. The second kappa shape index (κ2) is 10.3. The molecule has 0 unspecified atom stereocenters. The standard InChI is InChI=1S/C21H27N3O6S/c1-22-31(27,28)19-12-16(8-11-18(19)29-5)21(26)30-14-20(25)24(4)13-15-6-9-17(10-7-15)23(2)3/h6-12,22H,13-14H2,1-5H3. The molecule has 0 aromatic heterocycles. The molecule has 2 aromatic rings. The lowest BCUT2D eigenvalue weighted by molar-refractivity contribution is -0.133. The molecule has 0 bridgehead atoms. The highest BCUT2D eigenvalue weighted by Gasteiger charge is 2.21. The fraction of sp³-hybridized carbons (Fsp3) is 0.333. The maximum Gasteiger partial charge on any atom is 0.338 e. The molecule has 0 saturated heterocycles. The van der Waals surface area contributed by atoms with Crippen LogP contribution in [0.4, 0.5) is 5.69 Å². The predicted molar refractivity (Wildman–Crippen MR) is 117 cm³/mol. The highest BCUT2D eigenvalue weighted by atomic mass is 32.2. The van der Waals surface area contributed by atoms with Crippen molar-refractivity contribution < 1.29 is 27.5 Å². The van der Waals surface area contributed by atoms with Crippen molar-refractivity contribution in [1.82, 2.24) is 9.62 Å². The van der Waals surface area contributed by atoms with Gasteiger partial charge >= 0.3 is 5.97 Å². The van der Waals surface area contributed by atoms with Gasteiger partial charge in [-0.1, -0.05) is 12.1 Å². The average molecular weight is 450 g/mol. The van der Waals surface area contributed by atoms with Gasteiger partial charge in [-0.2, -0.15) is 0 Å². The summed E-state index contributed by atoms with van der Waals surface area (Å²) in [5.41, 5.74) is 1.97. The first-order valence-corrected chi connectivity index (χ1v) is 10.9. The van der Waals surface area contributed by atoms with Crippen molar-refractivity contribution in [2.24, 2.45) is 0 Å². The number of carbonyl (C=O) groups excluding carboxylic acids is 2. The minimum atomic E-state index is -3.85. The van der Waals surface area contributed by atoms with E-state index in [0.717, 1.165) is 17.3 Å². The second-order valence-electron chi connectivity index (χ2n) is 6.96. The van der Waals surface area contributed by atoms with Gasteiger partial charge < -0.3 is 19.3 Å². The Kier molecular flexibility index (Phi) is 8.01. The number of methoxy groups -OCH3 is 1. The number of ether oxygens (including phenoxy) is 2. The maximum absolute atomic E-state index is 12.3. The molecule has 31 heavy (non-hydrogen) atoms. The molecule has 0 spiro atoms. The number of hydrogen-bond donors (Lipinski definition) is 1. The first-order valence-electron chi connectivity index (χ1n) is 9.38. The Hall–Kier alpha value is -3.11. The van der Waals surface area contributed by atoms with Gasteiger partial charge in [0.05, 0.1) is 12.7 Å². The van der Waals surface area contributed by atoms with Crippen LogP contribution in [0.5, 0.6) is 5.75 Å². The summed E-state index contributed by atoms with van der Waals surface area (Å²) >= 11 is 0. The van der Waals surface area contributed by atoms with Gasteiger partial charge in [0.1, 0.15) is 10.6 Å². The second-order valence-corrected chi connectivity index (χ2v) is 8.81. The van der Waals surface area contributed by atoms with Crippen LogP contribution in [0.2, 0.25) is 0 Å². The SMILES string of the molecule is CNS(=O)(=O)c1cc(C(=O)OCC(=O)N(C)Cc2ccc(N(C)C)cc2)ccc1OC. The number of likely N-dealkylation sites (N-methyl/N-ethyl adjacent to an activating group) is 1. The van der Waals surface area contributed by atoms with Crippen molar-refractivity contribution in [1.29, 1.82) is 0 Å². The van der Waals surface area contributed by atoms with Crippen LogP contribution in [-0.2, 0) is 26.1 Å². The van der Waals surface area contributed by atoms with Crippen LogP contribution in [0.15, 0.2) is 47.4 Å². The van der Waals surface area contributed by atoms with Gasteiger partial charge in [-0.3, -0.25) is 4.79 Å². The Morgan fingerprint density at radius 1 is 1.03 bits per heavy atom. The van der Waals surface area contributed by atoms with E-state index >= 15 is 0 Å². The Bertz CT molecular complexity index is 1040. The zero-order valence-electron chi connectivity index (χ0n) is 18.2. The number of carbonyl (C=O) groups is 2. The molecule has 0 aliphatic heterocycles. The largest absolute Gasteiger partial charge is 0.495 e. The Morgan fingerprint density at radius 2 is 1.68 bits per heavy atom. The summed E-state index contributed by atoms with van der Waals surface area (Å²) in [4.78, 5) is 27.9. The van der Waals surface area contributed by atoms with E-state index in [1.165, 1.54) is 31.2 Å². The number of anilines is 1. The van der Waals surface area contributed by atoms with E-state index < -0.39 is 22.6 Å². The first-order chi connectivity index (χ1) is 14.6. The third kappa shape index (κ3) is 6.19. The minimum Gasteiger partial charge on any atom is -0.495 e. The van der Waals surface area contributed by atoms with E-state index in [1.807, 2.05) is 43.3 Å². The molecule has 10 heteroatoms. The molecule has 0 radical (unpaired) electrons. The van der Waals surface area contributed by atoms with E-state index in [0.29, 0.717) is 6.54 Å². The Labute approximate surface area is 182 Å². The van der Waals surface area contributed by atoms with Crippen LogP contribution >= 0.6 is 0 Å². The van der Waals surface area contributed by atoms with Gasteiger partial charge in [0.2, 0.25) is 10.0 Å². The van der Waals surface area contributed by atoms with Crippen LogP contribution < -0.4 is 14.4 Å². The summed E-state index contributed by atoms with van der Waals surface area (Å²) in [6, 6.07) is 11.6. The van der Waals surface area contributed by atoms with Gasteiger partial charge in [-0.15, -0.1) is 0 Å². The van der Waals surface area contributed by atoms with Gasteiger partial charge in [0, 0.05) is 33.4 Å². The summed E-state index contributed by atoms with van der Waals surface area (Å²) in [7, 11) is 4.23. The van der Waals surface area contributed by atoms with Crippen molar-refractivity contribution in [3.05, 3.63) is 53.6 Å². The minimum absolute atomic E-state index is 0.00986. The normalized spacial score (nSPS) is 11.0. The molecule has 0 aliphatic rings. The fourth-order valence-corrected chi connectivity index (χ4v) is 3.62. The van der Waals surface area contributed by atoms with Crippen LogP contribution in [-0.4, -0.2) is 67.1 Å². The smallest absolute Gasteiger partial charge is 0.338 e. The molecule has 1 N–H and O–H groups in total. The Morgan fingerprint density at radius 3 is 2.23 bits per heavy atom. The van der Waals surface area contributed by atoms with Gasteiger partial charge in [0.25, 0.3) is 5.91 Å². The third-order valence-corrected chi connectivity index (χ3v) is 6.02. The van der Waals surface area contributed by atoms with Crippen LogP contribution in [0, 0.1) is 0 Å². The van der Waals surface area contributed by atoms with Crippen LogP contribution in [0.3, 0.4) is 0 Å². The summed E-state index contributed by atoms with van der Waals surface area (Å²) in [5.74, 6) is -1.11. The highest BCUT2D eigenvalue weighted by Crippen LogP contribution is 2.25. The number of nitrogens with zero attached hydrogens (tertiary/aromatic N) is 2. The van der Waals surface area contributed by atoms with E-state index in [9.17, 15) is 18.0 Å².